The summed E-state index contributed by atoms with van der Waals surface area (Å²) in [7, 11) is 0. The number of halogens is 3. The molecule has 1 atom stereocenters. The molecule has 0 N–H and O–H groups in total. The zero-order chi connectivity index (χ0) is 23.8. The highest BCUT2D eigenvalue weighted by atomic mass is 19.3. The number of hydrogen-bond donors (Lipinski definition) is 0. The molecule has 0 spiro atoms. The van der Waals surface area contributed by atoms with Crippen LogP contribution in [0.3, 0.4) is 0 Å². The zero-order valence-corrected chi connectivity index (χ0v) is 20.4. The Morgan fingerprint density at radius 2 is 1.70 bits per heavy atom. The number of benzene rings is 2. The Labute approximate surface area is 195 Å². The molecule has 0 bridgehead atoms. The summed E-state index contributed by atoms with van der Waals surface area (Å²) in [6, 6.07) is 11.7. The molecule has 0 aliphatic heterocycles. The van der Waals surface area contributed by atoms with Crippen molar-refractivity contribution in [2.75, 3.05) is 0 Å². The number of rotatable bonds is 5. The van der Waals surface area contributed by atoms with Crippen molar-refractivity contribution in [3.63, 3.8) is 0 Å². The van der Waals surface area contributed by atoms with Crippen molar-refractivity contribution < 1.29 is 13.2 Å². The lowest BCUT2D eigenvalue weighted by Crippen LogP contribution is -2.19. The Hall–Kier alpha value is -2.23. The van der Waals surface area contributed by atoms with Gasteiger partial charge in [-0.15, -0.1) is 0 Å². The standard InChI is InChI=1S/C29H34F3N/c1-6-18(2)17-33-25-14-24(30)23(12-20(25)13-26(33)27(3,4)5)28(9-10-28)22-8-7-19-15-29(31,32)16-21(19)11-22/h7-8,11-14,18H,6,9-10,15-17H2,1-5H3. The van der Waals surface area contributed by atoms with Crippen LogP contribution in [-0.2, 0) is 30.2 Å². The van der Waals surface area contributed by atoms with E-state index in [1.54, 1.807) is 6.07 Å². The van der Waals surface area contributed by atoms with Gasteiger partial charge in [-0.25, -0.2) is 13.2 Å². The third-order valence-corrected chi connectivity index (χ3v) is 7.87. The van der Waals surface area contributed by atoms with E-state index in [0.29, 0.717) is 11.5 Å². The molecule has 4 heteroatoms. The van der Waals surface area contributed by atoms with Crippen LogP contribution in [0.15, 0.2) is 36.4 Å². The summed E-state index contributed by atoms with van der Waals surface area (Å²) in [5, 5.41) is 1.07. The summed E-state index contributed by atoms with van der Waals surface area (Å²) < 4.78 is 45.9. The molecule has 1 nitrogen and oxygen atoms in total. The van der Waals surface area contributed by atoms with Gasteiger partial charge in [0.05, 0.1) is 5.52 Å². The third kappa shape index (κ3) is 3.80. The first-order valence-corrected chi connectivity index (χ1v) is 12.3. The lowest BCUT2D eigenvalue weighted by atomic mass is 9.85. The maximum atomic E-state index is 15.7. The average Bonchev–Trinajstić information content (AvgIpc) is 3.36. The fourth-order valence-electron chi connectivity index (χ4n) is 5.63. The van der Waals surface area contributed by atoms with Crippen molar-refractivity contribution in [2.24, 2.45) is 5.92 Å². The molecule has 1 aromatic heterocycles. The lowest BCUT2D eigenvalue weighted by molar-refractivity contribution is 0.0130. The Bertz CT molecular complexity index is 1220. The number of alkyl halides is 2. The molecule has 5 rings (SSSR count). The molecule has 33 heavy (non-hydrogen) atoms. The van der Waals surface area contributed by atoms with Crippen molar-refractivity contribution in [3.05, 3.63) is 70.2 Å². The van der Waals surface area contributed by atoms with Crippen LogP contribution in [0, 0.1) is 11.7 Å². The molecule has 2 aromatic carbocycles. The van der Waals surface area contributed by atoms with E-state index < -0.39 is 11.3 Å². The van der Waals surface area contributed by atoms with Gasteiger partial charge in [-0.05, 0) is 59.2 Å². The Morgan fingerprint density at radius 1 is 1.00 bits per heavy atom. The molecule has 3 aromatic rings. The largest absolute Gasteiger partial charge is 0.344 e. The smallest absolute Gasteiger partial charge is 0.256 e. The highest BCUT2D eigenvalue weighted by Crippen LogP contribution is 2.55. The van der Waals surface area contributed by atoms with E-state index in [2.05, 4.69) is 45.3 Å². The number of hydrogen-bond acceptors (Lipinski definition) is 0. The van der Waals surface area contributed by atoms with Crippen LogP contribution in [0.2, 0.25) is 0 Å². The van der Waals surface area contributed by atoms with Crippen LogP contribution in [0.4, 0.5) is 13.2 Å². The van der Waals surface area contributed by atoms with Crippen molar-refractivity contribution in [2.45, 2.75) is 90.0 Å². The van der Waals surface area contributed by atoms with Crippen LogP contribution < -0.4 is 0 Å². The summed E-state index contributed by atoms with van der Waals surface area (Å²) in [6.07, 6.45) is 2.38. The molecular formula is C29H34F3N. The van der Waals surface area contributed by atoms with Crippen LogP contribution in [0.25, 0.3) is 10.9 Å². The van der Waals surface area contributed by atoms with E-state index in [1.807, 2.05) is 24.3 Å². The first kappa shape index (κ1) is 22.6. The molecule has 176 valence electrons. The molecule has 1 unspecified atom stereocenters. The molecule has 0 saturated heterocycles. The van der Waals surface area contributed by atoms with Crippen LogP contribution in [0.1, 0.15) is 81.8 Å². The summed E-state index contributed by atoms with van der Waals surface area (Å²) >= 11 is 0. The molecule has 1 fully saturated rings. The fourth-order valence-corrected chi connectivity index (χ4v) is 5.63. The first-order chi connectivity index (χ1) is 15.4. The normalized spacial score (nSPS) is 19.6. The maximum Gasteiger partial charge on any atom is 0.256 e. The SMILES string of the molecule is CCC(C)Cn1c(C(C)(C)C)cc2cc(C3(c4ccc5c(c4)CC(F)(F)C5)CC3)c(F)cc21. The predicted molar refractivity (Wildman–Crippen MR) is 129 cm³/mol. The minimum Gasteiger partial charge on any atom is -0.344 e. The quantitative estimate of drug-likeness (QED) is 0.369. The van der Waals surface area contributed by atoms with E-state index in [9.17, 15) is 8.78 Å². The Balaban J connectivity index is 1.61. The van der Waals surface area contributed by atoms with Crippen LogP contribution in [0.5, 0.6) is 0 Å². The van der Waals surface area contributed by atoms with Crippen molar-refractivity contribution in [1.82, 2.24) is 4.57 Å². The average molecular weight is 454 g/mol. The second-order valence-corrected chi connectivity index (χ2v) is 11.6. The number of nitrogens with zero attached hydrogens (tertiary/aromatic N) is 1. The second-order valence-electron chi connectivity index (χ2n) is 11.6. The highest BCUT2D eigenvalue weighted by Gasteiger charge is 2.49. The zero-order valence-electron chi connectivity index (χ0n) is 20.4. The topological polar surface area (TPSA) is 4.93 Å². The van der Waals surface area contributed by atoms with Crippen molar-refractivity contribution in [3.8, 4) is 0 Å². The van der Waals surface area contributed by atoms with Crippen LogP contribution >= 0.6 is 0 Å². The van der Waals surface area contributed by atoms with E-state index in [1.165, 1.54) is 5.69 Å². The van der Waals surface area contributed by atoms with Gasteiger partial charge in [-0.3, -0.25) is 0 Å². The summed E-state index contributed by atoms with van der Waals surface area (Å²) in [6.45, 7) is 11.9. The third-order valence-electron chi connectivity index (χ3n) is 7.87. The molecule has 0 amide bonds. The molecule has 1 saturated carbocycles. The van der Waals surface area contributed by atoms with Gasteiger partial charge in [0.1, 0.15) is 5.82 Å². The Morgan fingerprint density at radius 3 is 2.33 bits per heavy atom. The van der Waals surface area contributed by atoms with Gasteiger partial charge in [-0.1, -0.05) is 59.2 Å². The maximum absolute atomic E-state index is 15.7. The summed E-state index contributed by atoms with van der Waals surface area (Å²) in [5.74, 6) is -2.34. The molecule has 2 aliphatic rings. The highest BCUT2D eigenvalue weighted by molar-refractivity contribution is 5.83. The molecule has 0 radical (unpaired) electrons. The molecule has 2 aliphatic carbocycles. The van der Waals surface area contributed by atoms with E-state index in [0.717, 1.165) is 53.4 Å². The summed E-state index contributed by atoms with van der Waals surface area (Å²) in [4.78, 5) is 0. The van der Waals surface area contributed by atoms with Crippen LogP contribution in [-0.4, -0.2) is 10.5 Å². The van der Waals surface area contributed by atoms with Gasteiger partial charge >= 0.3 is 0 Å². The number of aromatic nitrogens is 1. The van der Waals surface area contributed by atoms with Gasteiger partial charge in [-0.2, -0.15) is 0 Å². The van der Waals surface area contributed by atoms with E-state index >= 15 is 4.39 Å². The lowest BCUT2D eigenvalue weighted by Gasteiger charge is -2.24. The van der Waals surface area contributed by atoms with Gasteiger partial charge in [0.25, 0.3) is 5.92 Å². The monoisotopic (exact) mass is 453 g/mol. The second kappa shape index (κ2) is 7.38. The Kier molecular flexibility index (Phi) is 5.05. The van der Waals surface area contributed by atoms with E-state index in [-0.39, 0.29) is 24.1 Å². The van der Waals surface area contributed by atoms with Crippen molar-refractivity contribution in [1.29, 1.82) is 0 Å². The van der Waals surface area contributed by atoms with Gasteiger partial charge in [0.2, 0.25) is 0 Å². The van der Waals surface area contributed by atoms with Crippen molar-refractivity contribution >= 4 is 10.9 Å². The minimum atomic E-state index is -2.66. The van der Waals surface area contributed by atoms with Gasteiger partial charge < -0.3 is 4.57 Å². The first-order valence-electron chi connectivity index (χ1n) is 12.3. The van der Waals surface area contributed by atoms with Gasteiger partial charge in [0, 0.05) is 41.3 Å². The minimum absolute atomic E-state index is 0.0500. The fraction of sp³-hybridized carbons (Fsp3) is 0.517. The number of fused-ring (bicyclic) bond motifs is 2. The molecular weight excluding hydrogens is 419 g/mol. The molecule has 1 heterocycles. The van der Waals surface area contributed by atoms with E-state index in [4.69, 9.17) is 0 Å². The predicted octanol–water partition coefficient (Wildman–Crippen LogP) is 7.94. The van der Waals surface area contributed by atoms with Gasteiger partial charge in [0.15, 0.2) is 0 Å². The summed E-state index contributed by atoms with van der Waals surface area (Å²) in [5.41, 5.74) is 4.86.